The predicted octanol–water partition coefficient (Wildman–Crippen LogP) is 1.85. The van der Waals surface area contributed by atoms with E-state index in [9.17, 15) is 9.59 Å². The second-order valence-corrected chi connectivity index (χ2v) is 4.42. The number of carbonyl (C=O) groups excluding carboxylic acids is 1. The van der Waals surface area contributed by atoms with E-state index >= 15 is 0 Å². The number of nitrogens with zero attached hydrogens (tertiary/aromatic N) is 1. The molecular formula is C14H14N2O4. The van der Waals surface area contributed by atoms with Crippen molar-refractivity contribution in [3.8, 4) is 11.3 Å². The molecule has 1 aromatic heterocycles. The summed E-state index contributed by atoms with van der Waals surface area (Å²) in [5, 5.41) is 14.9. The molecule has 0 spiro atoms. The first-order valence-corrected chi connectivity index (χ1v) is 6.05. The summed E-state index contributed by atoms with van der Waals surface area (Å²) in [6, 6.07) is 8.07. The highest BCUT2D eigenvalue weighted by Gasteiger charge is 2.19. The number of aryl methyl sites for hydroxylation is 1. The molecule has 0 aliphatic carbocycles. The molecule has 104 valence electrons. The zero-order chi connectivity index (χ0) is 14.7. The highest BCUT2D eigenvalue weighted by Crippen LogP contribution is 2.22. The smallest absolute Gasteiger partial charge is 0.325 e. The zero-order valence-corrected chi connectivity index (χ0v) is 11.1. The molecule has 0 saturated heterocycles. The van der Waals surface area contributed by atoms with Gasteiger partial charge in [0.05, 0.1) is 0 Å². The number of carboxylic acid groups (broad SMARTS) is 1. The predicted molar refractivity (Wildman–Crippen MR) is 71.2 cm³/mol. The molecule has 20 heavy (non-hydrogen) atoms. The van der Waals surface area contributed by atoms with Crippen molar-refractivity contribution in [3.63, 3.8) is 0 Å². The number of carboxylic acids is 1. The van der Waals surface area contributed by atoms with Gasteiger partial charge in [0, 0.05) is 11.6 Å². The van der Waals surface area contributed by atoms with Crippen LogP contribution < -0.4 is 5.32 Å². The van der Waals surface area contributed by atoms with Crippen LogP contribution in [-0.2, 0) is 4.79 Å². The van der Waals surface area contributed by atoms with Crippen molar-refractivity contribution >= 4 is 11.9 Å². The summed E-state index contributed by atoms with van der Waals surface area (Å²) in [7, 11) is 0. The average Bonchev–Trinajstić information content (AvgIpc) is 2.88. The maximum atomic E-state index is 11.8. The lowest BCUT2D eigenvalue weighted by molar-refractivity contribution is -0.138. The van der Waals surface area contributed by atoms with Crippen molar-refractivity contribution in [2.24, 2.45) is 0 Å². The van der Waals surface area contributed by atoms with E-state index < -0.39 is 17.9 Å². The molecule has 6 heteroatoms. The molecule has 0 aliphatic rings. The van der Waals surface area contributed by atoms with Gasteiger partial charge in [0.2, 0.25) is 5.76 Å². The van der Waals surface area contributed by atoms with Gasteiger partial charge >= 0.3 is 5.97 Å². The van der Waals surface area contributed by atoms with Crippen molar-refractivity contribution in [2.45, 2.75) is 19.9 Å². The summed E-state index contributed by atoms with van der Waals surface area (Å²) in [6.45, 7) is 3.30. The third-order valence-electron chi connectivity index (χ3n) is 2.87. The van der Waals surface area contributed by atoms with E-state index in [1.807, 2.05) is 31.2 Å². The summed E-state index contributed by atoms with van der Waals surface area (Å²) in [6.07, 6.45) is 0. The fourth-order valence-corrected chi connectivity index (χ4v) is 1.70. The molecule has 0 aliphatic heterocycles. The van der Waals surface area contributed by atoms with E-state index in [1.165, 1.54) is 13.0 Å². The summed E-state index contributed by atoms with van der Waals surface area (Å²) in [5.74, 6) is -1.74. The number of rotatable bonds is 4. The van der Waals surface area contributed by atoms with Crippen molar-refractivity contribution < 1.29 is 19.2 Å². The lowest BCUT2D eigenvalue weighted by Crippen LogP contribution is -2.38. The largest absolute Gasteiger partial charge is 0.480 e. The zero-order valence-electron chi connectivity index (χ0n) is 11.1. The average molecular weight is 274 g/mol. The summed E-state index contributed by atoms with van der Waals surface area (Å²) < 4.78 is 4.96. The Hall–Kier alpha value is -2.63. The minimum absolute atomic E-state index is 0.0173. The van der Waals surface area contributed by atoms with E-state index in [1.54, 1.807) is 0 Å². The molecule has 1 aromatic carbocycles. The van der Waals surface area contributed by atoms with Crippen LogP contribution in [0.15, 0.2) is 34.9 Å². The monoisotopic (exact) mass is 274 g/mol. The fourth-order valence-electron chi connectivity index (χ4n) is 1.70. The number of hydrogen-bond acceptors (Lipinski definition) is 4. The molecule has 1 atom stereocenters. The van der Waals surface area contributed by atoms with Crippen molar-refractivity contribution in [2.75, 3.05) is 0 Å². The van der Waals surface area contributed by atoms with Gasteiger partial charge in [-0.25, -0.2) is 0 Å². The van der Waals surface area contributed by atoms with Crippen LogP contribution in [0.3, 0.4) is 0 Å². The molecule has 2 rings (SSSR count). The van der Waals surface area contributed by atoms with Crippen molar-refractivity contribution in [1.82, 2.24) is 10.5 Å². The number of nitrogens with one attached hydrogen (secondary N) is 1. The second-order valence-electron chi connectivity index (χ2n) is 4.42. The number of benzene rings is 1. The van der Waals surface area contributed by atoms with Crippen LogP contribution in [0.1, 0.15) is 23.0 Å². The number of carbonyl (C=O) groups is 2. The van der Waals surface area contributed by atoms with Crippen LogP contribution in [0, 0.1) is 6.92 Å². The molecular weight excluding hydrogens is 260 g/mol. The Morgan fingerprint density at radius 2 is 2.05 bits per heavy atom. The highest BCUT2D eigenvalue weighted by molar-refractivity contribution is 5.94. The van der Waals surface area contributed by atoms with Crippen molar-refractivity contribution in [1.29, 1.82) is 0 Å². The molecule has 6 nitrogen and oxygen atoms in total. The van der Waals surface area contributed by atoms with Crippen LogP contribution in [0.5, 0.6) is 0 Å². The molecule has 1 heterocycles. The number of aliphatic carboxylic acids is 1. The highest BCUT2D eigenvalue weighted by atomic mass is 16.5. The van der Waals surface area contributed by atoms with Gasteiger partial charge in [0.1, 0.15) is 11.7 Å². The lowest BCUT2D eigenvalue weighted by Gasteiger charge is -2.06. The van der Waals surface area contributed by atoms with Gasteiger partial charge in [-0.05, 0) is 19.4 Å². The second kappa shape index (κ2) is 5.56. The Labute approximate surface area is 115 Å². The Kier molecular flexibility index (Phi) is 3.84. The van der Waals surface area contributed by atoms with E-state index in [4.69, 9.17) is 9.63 Å². The van der Waals surface area contributed by atoms with E-state index in [0.717, 1.165) is 11.1 Å². The molecule has 2 aromatic rings. The first-order chi connectivity index (χ1) is 9.49. The third kappa shape index (κ3) is 2.85. The van der Waals surface area contributed by atoms with Crippen LogP contribution >= 0.6 is 0 Å². The molecule has 2 N–H and O–H groups in total. The molecule has 0 fully saturated rings. The van der Waals surface area contributed by atoms with Gasteiger partial charge in [0.25, 0.3) is 5.91 Å². The van der Waals surface area contributed by atoms with Crippen molar-refractivity contribution in [3.05, 3.63) is 41.7 Å². The lowest BCUT2D eigenvalue weighted by atomic mass is 10.1. The van der Waals surface area contributed by atoms with Gasteiger partial charge in [-0.3, -0.25) is 9.59 Å². The van der Waals surface area contributed by atoms with Crippen LogP contribution in [-0.4, -0.2) is 28.2 Å². The van der Waals surface area contributed by atoms with Crippen LogP contribution in [0.2, 0.25) is 0 Å². The molecule has 0 bridgehead atoms. The Morgan fingerprint density at radius 3 is 2.70 bits per heavy atom. The quantitative estimate of drug-likeness (QED) is 0.887. The first kappa shape index (κ1) is 13.8. The van der Waals surface area contributed by atoms with Gasteiger partial charge in [-0.1, -0.05) is 29.4 Å². The van der Waals surface area contributed by atoms with Gasteiger partial charge in [-0.2, -0.15) is 0 Å². The SMILES string of the molecule is Cc1ccccc1-c1cc(C(=O)N[C@H](C)C(=O)O)on1. The Morgan fingerprint density at radius 1 is 1.35 bits per heavy atom. The standard InChI is InChI=1S/C14H14N2O4/c1-8-5-3-4-6-10(8)11-7-12(20-16-11)13(17)15-9(2)14(18)19/h3-7,9H,1-2H3,(H,15,17)(H,18,19)/t9-/m1/s1. The topological polar surface area (TPSA) is 92.4 Å². The Bertz CT molecular complexity index is 648. The first-order valence-electron chi connectivity index (χ1n) is 6.05. The van der Waals surface area contributed by atoms with Gasteiger partial charge < -0.3 is 14.9 Å². The molecule has 0 saturated carbocycles. The normalized spacial score (nSPS) is 11.9. The number of aromatic nitrogens is 1. The maximum absolute atomic E-state index is 11.8. The van der Waals surface area contributed by atoms with Gasteiger partial charge in [0.15, 0.2) is 0 Å². The third-order valence-corrected chi connectivity index (χ3v) is 2.87. The minimum Gasteiger partial charge on any atom is -0.480 e. The van der Waals surface area contributed by atoms with E-state index in [-0.39, 0.29) is 5.76 Å². The summed E-state index contributed by atoms with van der Waals surface area (Å²) in [4.78, 5) is 22.5. The van der Waals surface area contributed by atoms with E-state index in [2.05, 4.69) is 10.5 Å². The van der Waals surface area contributed by atoms with Gasteiger partial charge in [-0.15, -0.1) is 0 Å². The number of amides is 1. The molecule has 0 unspecified atom stereocenters. The molecule has 0 radical (unpaired) electrons. The minimum atomic E-state index is -1.11. The van der Waals surface area contributed by atoms with Crippen LogP contribution in [0.25, 0.3) is 11.3 Å². The maximum Gasteiger partial charge on any atom is 0.325 e. The van der Waals surface area contributed by atoms with E-state index in [0.29, 0.717) is 5.69 Å². The number of hydrogen-bond donors (Lipinski definition) is 2. The Balaban J connectivity index is 2.19. The summed E-state index contributed by atoms with van der Waals surface area (Å²) in [5.41, 5.74) is 2.41. The molecule has 1 amide bonds. The fraction of sp³-hybridized carbons (Fsp3) is 0.214. The summed E-state index contributed by atoms with van der Waals surface area (Å²) >= 11 is 0. The van der Waals surface area contributed by atoms with Crippen LogP contribution in [0.4, 0.5) is 0 Å².